The van der Waals surface area contributed by atoms with Gasteiger partial charge < -0.3 is 15.6 Å². The molecule has 72 valence electrons. The number of hydrogen-bond acceptors (Lipinski definition) is 3. The molecule has 5 heteroatoms. The first kappa shape index (κ1) is 10.3. The average Bonchev–Trinajstić information content (AvgIpc) is 2.09. The van der Waals surface area contributed by atoms with Crippen molar-refractivity contribution in [1.82, 2.24) is 0 Å². The molecule has 0 bridgehead atoms. The second kappa shape index (κ2) is 4.43. The summed E-state index contributed by atoms with van der Waals surface area (Å²) in [7, 11) is 0. The van der Waals surface area contributed by atoms with Crippen LogP contribution in [-0.2, 0) is 0 Å². The van der Waals surface area contributed by atoms with Gasteiger partial charge in [-0.25, -0.2) is 4.39 Å². The summed E-state index contributed by atoms with van der Waals surface area (Å²) in [6, 6.07) is 2.59. The molecule has 0 radical (unpaired) electrons. The number of aliphatic hydroxyl groups excluding tert-OH is 1. The molecule has 0 fully saturated rings. The Hall–Kier alpha value is -0.810. The van der Waals surface area contributed by atoms with Crippen LogP contribution in [0.5, 0.6) is 5.75 Å². The highest BCUT2D eigenvalue weighted by Crippen LogP contribution is 2.28. The van der Waals surface area contributed by atoms with Crippen LogP contribution >= 0.6 is 15.9 Å². The molecule has 0 unspecified atom stereocenters. The highest BCUT2D eigenvalue weighted by molar-refractivity contribution is 9.10. The Kier molecular flexibility index (Phi) is 3.50. The SMILES string of the molecule is Nc1cc(Br)c(F)cc1OCCO. The second-order valence-electron chi connectivity index (χ2n) is 2.38. The molecule has 13 heavy (non-hydrogen) atoms. The van der Waals surface area contributed by atoms with Gasteiger partial charge in [-0.3, -0.25) is 0 Å². The fraction of sp³-hybridized carbons (Fsp3) is 0.250. The predicted octanol–water partition coefficient (Wildman–Crippen LogP) is 1.54. The summed E-state index contributed by atoms with van der Waals surface area (Å²) in [5.41, 5.74) is 5.86. The van der Waals surface area contributed by atoms with E-state index in [9.17, 15) is 4.39 Å². The van der Waals surface area contributed by atoms with Gasteiger partial charge in [-0.2, -0.15) is 0 Å². The number of benzene rings is 1. The predicted molar refractivity (Wildman–Crippen MR) is 51.1 cm³/mol. The maximum Gasteiger partial charge on any atom is 0.145 e. The minimum Gasteiger partial charge on any atom is -0.489 e. The lowest BCUT2D eigenvalue weighted by molar-refractivity contribution is 0.201. The number of aliphatic hydroxyl groups is 1. The zero-order valence-electron chi connectivity index (χ0n) is 6.76. The van der Waals surface area contributed by atoms with E-state index < -0.39 is 5.82 Å². The van der Waals surface area contributed by atoms with Crippen LogP contribution in [0.3, 0.4) is 0 Å². The zero-order valence-corrected chi connectivity index (χ0v) is 8.34. The summed E-state index contributed by atoms with van der Waals surface area (Å²) in [6.07, 6.45) is 0. The van der Waals surface area contributed by atoms with Crippen molar-refractivity contribution in [2.75, 3.05) is 18.9 Å². The van der Waals surface area contributed by atoms with Gasteiger partial charge in [-0.15, -0.1) is 0 Å². The summed E-state index contributed by atoms with van der Waals surface area (Å²) in [5, 5.41) is 8.47. The Morgan fingerprint density at radius 3 is 2.85 bits per heavy atom. The number of ether oxygens (including phenoxy) is 1. The van der Waals surface area contributed by atoms with Crippen molar-refractivity contribution in [3.8, 4) is 5.75 Å². The third kappa shape index (κ3) is 2.57. The maximum absolute atomic E-state index is 12.9. The highest BCUT2D eigenvalue weighted by Gasteiger charge is 2.06. The van der Waals surface area contributed by atoms with Crippen molar-refractivity contribution < 1.29 is 14.2 Å². The van der Waals surface area contributed by atoms with E-state index in [0.29, 0.717) is 10.2 Å². The minimum atomic E-state index is -0.442. The van der Waals surface area contributed by atoms with Gasteiger partial charge in [0.05, 0.1) is 16.8 Å². The summed E-state index contributed by atoms with van der Waals surface area (Å²) < 4.78 is 18.2. The average molecular weight is 250 g/mol. The quantitative estimate of drug-likeness (QED) is 0.800. The second-order valence-corrected chi connectivity index (χ2v) is 3.23. The fourth-order valence-corrected chi connectivity index (χ4v) is 1.19. The largest absolute Gasteiger partial charge is 0.489 e. The molecule has 0 aromatic heterocycles. The molecule has 0 amide bonds. The lowest BCUT2D eigenvalue weighted by Crippen LogP contribution is -2.04. The molecule has 0 saturated carbocycles. The minimum absolute atomic E-state index is 0.102. The normalized spacial score (nSPS) is 10.1. The van der Waals surface area contributed by atoms with Crippen LogP contribution < -0.4 is 10.5 Å². The molecular weight excluding hydrogens is 241 g/mol. The van der Waals surface area contributed by atoms with E-state index in [0.717, 1.165) is 0 Å². The summed E-state index contributed by atoms with van der Waals surface area (Å²) >= 11 is 2.99. The van der Waals surface area contributed by atoms with Crippen LogP contribution in [0, 0.1) is 5.82 Å². The Morgan fingerprint density at radius 1 is 1.54 bits per heavy atom. The number of hydrogen-bond donors (Lipinski definition) is 2. The van der Waals surface area contributed by atoms with E-state index in [1.165, 1.54) is 12.1 Å². The van der Waals surface area contributed by atoms with E-state index in [-0.39, 0.29) is 19.0 Å². The van der Waals surface area contributed by atoms with Crippen molar-refractivity contribution in [2.45, 2.75) is 0 Å². The molecule has 1 aromatic carbocycles. The lowest BCUT2D eigenvalue weighted by Gasteiger charge is -2.07. The van der Waals surface area contributed by atoms with Crippen LogP contribution in [0.25, 0.3) is 0 Å². The van der Waals surface area contributed by atoms with E-state index in [1.807, 2.05) is 0 Å². The first-order chi connectivity index (χ1) is 6.15. The third-order valence-corrected chi connectivity index (χ3v) is 2.01. The van der Waals surface area contributed by atoms with Crippen LogP contribution in [0.15, 0.2) is 16.6 Å². The van der Waals surface area contributed by atoms with Crippen molar-refractivity contribution in [1.29, 1.82) is 0 Å². The molecule has 0 atom stereocenters. The Bertz CT molecular complexity index is 306. The molecule has 0 aliphatic heterocycles. The molecule has 3 N–H and O–H groups in total. The maximum atomic E-state index is 12.9. The molecule has 3 nitrogen and oxygen atoms in total. The number of halogens is 2. The molecule has 0 aliphatic rings. The number of anilines is 1. The first-order valence-corrected chi connectivity index (χ1v) is 4.42. The molecule has 1 aromatic rings. The van der Waals surface area contributed by atoms with Gasteiger partial charge in [-0.1, -0.05) is 0 Å². The van der Waals surface area contributed by atoms with E-state index in [4.69, 9.17) is 15.6 Å². The van der Waals surface area contributed by atoms with Crippen LogP contribution in [0.4, 0.5) is 10.1 Å². The number of rotatable bonds is 3. The van der Waals surface area contributed by atoms with Crippen LogP contribution in [0.1, 0.15) is 0 Å². The van der Waals surface area contributed by atoms with Crippen molar-refractivity contribution in [2.24, 2.45) is 0 Å². The van der Waals surface area contributed by atoms with Gasteiger partial charge in [0, 0.05) is 6.07 Å². The van der Waals surface area contributed by atoms with Crippen molar-refractivity contribution in [3.63, 3.8) is 0 Å². The lowest BCUT2D eigenvalue weighted by atomic mass is 10.3. The van der Waals surface area contributed by atoms with Crippen molar-refractivity contribution in [3.05, 3.63) is 22.4 Å². The highest BCUT2D eigenvalue weighted by atomic mass is 79.9. The van der Waals surface area contributed by atoms with Crippen LogP contribution in [0.2, 0.25) is 0 Å². The summed E-state index contributed by atoms with van der Waals surface area (Å²) in [4.78, 5) is 0. The van der Waals surface area contributed by atoms with Gasteiger partial charge in [-0.05, 0) is 22.0 Å². The molecule has 0 heterocycles. The summed E-state index contributed by atoms with van der Waals surface area (Å²) in [5.74, 6) is -0.197. The van der Waals surface area contributed by atoms with E-state index in [1.54, 1.807) is 0 Å². The summed E-state index contributed by atoms with van der Waals surface area (Å²) in [6.45, 7) is -0.0254. The smallest absolute Gasteiger partial charge is 0.145 e. The third-order valence-electron chi connectivity index (χ3n) is 1.40. The van der Waals surface area contributed by atoms with Crippen molar-refractivity contribution >= 4 is 21.6 Å². The van der Waals surface area contributed by atoms with Crippen LogP contribution in [-0.4, -0.2) is 18.3 Å². The van der Waals surface area contributed by atoms with Gasteiger partial charge >= 0.3 is 0 Å². The topological polar surface area (TPSA) is 55.5 Å². The van der Waals surface area contributed by atoms with E-state index >= 15 is 0 Å². The molecular formula is C8H9BrFNO2. The fourth-order valence-electron chi connectivity index (χ4n) is 0.825. The van der Waals surface area contributed by atoms with Gasteiger partial charge in [0.25, 0.3) is 0 Å². The van der Waals surface area contributed by atoms with E-state index in [2.05, 4.69) is 15.9 Å². The Morgan fingerprint density at radius 2 is 2.23 bits per heavy atom. The zero-order chi connectivity index (χ0) is 9.84. The van der Waals surface area contributed by atoms with Gasteiger partial charge in [0.15, 0.2) is 0 Å². The molecule has 0 saturated heterocycles. The Labute approximate surface area is 83.4 Å². The standard InChI is InChI=1S/C8H9BrFNO2/c9-5-3-7(11)8(4-6(5)10)13-2-1-12/h3-4,12H,1-2,11H2. The number of nitrogens with two attached hydrogens (primary N) is 1. The molecule has 0 aliphatic carbocycles. The van der Waals surface area contributed by atoms with Gasteiger partial charge in [0.1, 0.15) is 18.2 Å². The Balaban J connectivity index is 2.88. The molecule has 0 spiro atoms. The molecule has 1 rings (SSSR count). The first-order valence-electron chi connectivity index (χ1n) is 3.63. The number of nitrogen functional groups attached to an aromatic ring is 1. The van der Waals surface area contributed by atoms with Gasteiger partial charge in [0.2, 0.25) is 0 Å². The monoisotopic (exact) mass is 249 g/mol.